The largest absolute Gasteiger partial charge is 0.341 e. The number of carbonyl (C=O) groups excluding carboxylic acids is 1. The van der Waals surface area contributed by atoms with E-state index < -0.39 is 16.1 Å². The number of nitrogens with zero attached hydrogens (tertiary/aromatic N) is 1. The van der Waals surface area contributed by atoms with E-state index in [0.717, 1.165) is 43.3 Å². The number of nitrogens with one attached hydrogen (secondary N) is 2. The van der Waals surface area contributed by atoms with Crippen molar-refractivity contribution in [2.24, 2.45) is 0 Å². The third-order valence-corrected chi connectivity index (χ3v) is 5.14. The molecule has 0 aromatic heterocycles. The summed E-state index contributed by atoms with van der Waals surface area (Å²) in [7, 11) is -3.32. The normalized spacial score (nSPS) is 15.5. The molecule has 1 unspecified atom stereocenters. The maximum absolute atomic E-state index is 13.0. The van der Waals surface area contributed by atoms with Crippen molar-refractivity contribution >= 4 is 21.6 Å². The molecule has 0 radical (unpaired) electrons. The summed E-state index contributed by atoms with van der Waals surface area (Å²) in [6.07, 6.45) is 3.22. The number of hydrogen-bond acceptors (Lipinski definition) is 4. The minimum absolute atomic E-state index is 0.0871. The molecule has 1 saturated heterocycles. The Kier molecular flexibility index (Phi) is 6.13. The van der Waals surface area contributed by atoms with E-state index in [9.17, 15) is 13.2 Å². The molecular formula is C20H25N3O3S. The summed E-state index contributed by atoms with van der Waals surface area (Å²) in [6.45, 7) is 2.06. The van der Waals surface area contributed by atoms with Crippen LogP contribution >= 0.6 is 0 Å². The van der Waals surface area contributed by atoms with Crippen LogP contribution in [0.25, 0.3) is 0 Å². The Morgan fingerprint density at radius 2 is 1.78 bits per heavy atom. The Morgan fingerprint density at radius 3 is 2.44 bits per heavy atom. The average Bonchev–Trinajstić information content (AvgIpc) is 3.16. The molecule has 1 aliphatic heterocycles. The van der Waals surface area contributed by atoms with Crippen LogP contribution in [-0.2, 0) is 21.4 Å². The standard InChI is InChI=1S/C20H25N3O3S/c1-27(25,26)22-18-11-7-8-16(14-18)15-21-19(17-9-3-2-4-10-17)20(24)23-12-5-6-13-23/h2-4,7-11,14,19,21-22H,5-6,12-13,15H2,1H3. The first-order chi connectivity index (χ1) is 12.9. The summed E-state index contributed by atoms with van der Waals surface area (Å²) in [6, 6.07) is 16.5. The van der Waals surface area contributed by atoms with Gasteiger partial charge in [-0.25, -0.2) is 8.42 Å². The number of hydrogen-bond donors (Lipinski definition) is 2. The molecule has 27 heavy (non-hydrogen) atoms. The number of likely N-dealkylation sites (tertiary alicyclic amines) is 1. The van der Waals surface area contributed by atoms with Crippen molar-refractivity contribution in [1.29, 1.82) is 0 Å². The molecular weight excluding hydrogens is 362 g/mol. The van der Waals surface area contributed by atoms with Gasteiger partial charge in [-0.05, 0) is 36.1 Å². The van der Waals surface area contributed by atoms with E-state index in [2.05, 4.69) is 10.0 Å². The highest BCUT2D eigenvalue weighted by atomic mass is 32.2. The van der Waals surface area contributed by atoms with Crippen LogP contribution in [0, 0.1) is 0 Å². The summed E-state index contributed by atoms with van der Waals surface area (Å²) >= 11 is 0. The van der Waals surface area contributed by atoms with Crippen LogP contribution in [0.1, 0.15) is 30.0 Å². The smallest absolute Gasteiger partial charge is 0.244 e. The predicted octanol–water partition coefficient (Wildman–Crippen LogP) is 2.51. The maximum Gasteiger partial charge on any atom is 0.244 e. The van der Waals surface area contributed by atoms with Crippen molar-refractivity contribution in [1.82, 2.24) is 10.2 Å². The molecule has 1 amide bonds. The van der Waals surface area contributed by atoms with Gasteiger partial charge in [-0.2, -0.15) is 0 Å². The van der Waals surface area contributed by atoms with E-state index in [-0.39, 0.29) is 5.91 Å². The van der Waals surface area contributed by atoms with Gasteiger partial charge >= 0.3 is 0 Å². The van der Waals surface area contributed by atoms with Gasteiger partial charge in [-0.3, -0.25) is 14.8 Å². The minimum atomic E-state index is -3.32. The van der Waals surface area contributed by atoms with Gasteiger partial charge in [-0.15, -0.1) is 0 Å². The third-order valence-electron chi connectivity index (χ3n) is 4.54. The van der Waals surface area contributed by atoms with Crippen molar-refractivity contribution in [3.8, 4) is 0 Å². The molecule has 2 aromatic carbocycles. The summed E-state index contributed by atoms with van der Waals surface area (Å²) in [5.74, 6) is 0.0871. The van der Waals surface area contributed by atoms with Crippen LogP contribution in [-0.4, -0.2) is 38.6 Å². The van der Waals surface area contributed by atoms with Crippen molar-refractivity contribution in [2.45, 2.75) is 25.4 Å². The fourth-order valence-corrected chi connectivity index (χ4v) is 3.85. The summed E-state index contributed by atoms with van der Waals surface area (Å²) in [5.41, 5.74) is 2.34. The highest BCUT2D eigenvalue weighted by molar-refractivity contribution is 7.92. The van der Waals surface area contributed by atoms with Crippen molar-refractivity contribution in [2.75, 3.05) is 24.1 Å². The van der Waals surface area contributed by atoms with Gasteiger partial charge in [-0.1, -0.05) is 42.5 Å². The van der Waals surface area contributed by atoms with Crippen LogP contribution in [0.3, 0.4) is 0 Å². The first-order valence-corrected chi connectivity index (χ1v) is 11.0. The third kappa shape index (κ3) is 5.55. The fraction of sp³-hybridized carbons (Fsp3) is 0.350. The van der Waals surface area contributed by atoms with Gasteiger partial charge in [0.05, 0.1) is 6.26 Å². The van der Waals surface area contributed by atoms with Gasteiger partial charge in [0.1, 0.15) is 6.04 Å². The molecule has 0 saturated carbocycles. The summed E-state index contributed by atoms with van der Waals surface area (Å²) in [5, 5.41) is 3.35. The topological polar surface area (TPSA) is 78.5 Å². The molecule has 1 heterocycles. The fourth-order valence-electron chi connectivity index (χ4n) is 3.29. The van der Waals surface area contributed by atoms with E-state index in [1.807, 2.05) is 41.3 Å². The van der Waals surface area contributed by atoms with Crippen LogP contribution in [0.5, 0.6) is 0 Å². The van der Waals surface area contributed by atoms with Crippen LogP contribution in [0.4, 0.5) is 5.69 Å². The number of benzene rings is 2. The van der Waals surface area contributed by atoms with E-state index in [1.54, 1.807) is 18.2 Å². The minimum Gasteiger partial charge on any atom is -0.341 e. The molecule has 0 bridgehead atoms. The Balaban J connectivity index is 1.75. The number of amides is 1. The second-order valence-corrected chi connectivity index (χ2v) is 8.58. The van der Waals surface area contributed by atoms with E-state index in [1.165, 1.54) is 0 Å². The molecule has 1 atom stereocenters. The van der Waals surface area contributed by atoms with E-state index in [0.29, 0.717) is 12.2 Å². The van der Waals surface area contributed by atoms with Gasteiger partial charge in [0.15, 0.2) is 0 Å². The predicted molar refractivity (Wildman–Crippen MR) is 107 cm³/mol. The highest BCUT2D eigenvalue weighted by Gasteiger charge is 2.27. The zero-order chi connectivity index (χ0) is 19.3. The lowest BCUT2D eigenvalue weighted by atomic mass is 10.0. The maximum atomic E-state index is 13.0. The van der Waals surface area contributed by atoms with E-state index in [4.69, 9.17) is 0 Å². The van der Waals surface area contributed by atoms with Crippen molar-refractivity contribution < 1.29 is 13.2 Å². The van der Waals surface area contributed by atoms with Crippen molar-refractivity contribution in [3.63, 3.8) is 0 Å². The first-order valence-electron chi connectivity index (χ1n) is 9.06. The molecule has 2 aromatic rings. The number of carbonyl (C=O) groups is 1. The van der Waals surface area contributed by atoms with Gasteiger partial charge < -0.3 is 4.90 Å². The molecule has 2 N–H and O–H groups in total. The van der Waals surface area contributed by atoms with Gasteiger partial charge in [0, 0.05) is 25.3 Å². The monoisotopic (exact) mass is 387 g/mol. The zero-order valence-corrected chi connectivity index (χ0v) is 16.2. The molecule has 0 spiro atoms. The lowest BCUT2D eigenvalue weighted by Gasteiger charge is -2.24. The zero-order valence-electron chi connectivity index (χ0n) is 15.4. The Bertz CT molecular complexity index is 878. The number of sulfonamides is 1. The number of rotatable bonds is 7. The second-order valence-electron chi connectivity index (χ2n) is 6.83. The second kappa shape index (κ2) is 8.54. The quantitative estimate of drug-likeness (QED) is 0.765. The molecule has 144 valence electrons. The SMILES string of the molecule is CS(=O)(=O)Nc1cccc(CNC(C(=O)N2CCCC2)c2ccccc2)c1. The van der Waals surface area contributed by atoms with E-state index >= 15 is 0 Å². The van der Waals surface area contributed by atoms with Crippen LogP contribution in [0.2, 0.25) is 0 Å². The van der Waals surface area contributed by atoms with Gasteiger partial charge in [0.2, 0.25) is 15.9 Å². The van der Waals surface area contributed by atoms with Crippen LogP contribution in [0.15, 0.2) is 54.6 Å². The summed E-state index contributed by atoms with van der Waals surface area (Å²) in [4.78, 5) is 14.9. The lowest BCUT2D eigenvalue weighted by molar-refractivity contribution is -0.132. The number of anilines is 1. The summed E-state index contributed by atoms with van der Waals surface area (Å²) < 4.78 is 25.3. The van der Waals surface area contributed by atoms with Crippen LogP contribution < -0.4 is 10.0 Å². The van der Waals surface area contributed by atoms with Crippen molar-refractivity contribution in [3.05, 3.63) is 65.7 Å². The Hall–Kier alpha value is -2.38. The molecule has 6 nitrogen and oxygen atoms in total. The average molecular weight is 388 g/mol. The molecule has 0 aliphatic carbocycles. The molecule has 1 aliphatic rings. The highest BCUT2D eigenvalue weighted by Crippen LogP contribution is 2.20. The molecule has 1 fully saturated rings. The van der Waals surface area contributed by atoms with Gasteiger partial charge in [0.25, 0.3) is 0 Å². The Labute approximate surface area is 160 Å². The Morgan fingerprint density at radius 1 is 1.07 bits per heavy atom. The lowest BCUT2D eigenvalue weighted by Crippen LogP contribution is -2.39. The molecule has 7 heteroatoms. The first kappa shape index (κ1) is 19.4. The molecule has 3 rings (SSSR count).